The Morgan fingerprint density at radius 1 is 1.00 bits per heavy atom. The molecule has 0 radical (unpaired) electrons. The zero-order valence-corrected chi connectivity index (χ0v) is 17.1. The molecule has 1 aliphatic heterocycles. The van der Waals surface area contributed by atoms with E-state index in [1.54, 1.807) is 18.2 Å². The monoisotopic (exact) mass is 443 g/mol. The quantitative estimate of drug-likeness (QED) is 0.611. The van der Waals surface area contributed by atoms with Gasteiger partial charge in [0.25, 0.3) is 5.91 Å². The van der Waals surface area contributed by atoms with Gasteiger partial charge < -0.3 is 19.5 Å². The number of rotatable bonds is 4. The first-order valence-electron chi connectivity index (χ1n) is 9.89. The van der Waals surface area contributed by atoms with Crippen LogP contribution in [0.2, 0.25) is 0 Å². The Bertz CT molecular complexity index is 1110. The number of phenolic OH excluding ortho intramolecular Hbond substituents is 1. The highest BCUT2D eigenvalue weighted by Gasteiger charge is 2.37. The lowest BCUT2D eigenvalue weighted by Gasteiger charge is -2.38. The minimum atomic E-state index is -4.93. The van der Waals surface area contributed by atoms with E-state index in [-0.39, 0.29) is 17.9 Å². The van der Waals surface area contributed by atoms with E-state index in [0.29, 0.717) is 17.7 Å². The van der Waals surface area contributed by atoms with Gasteiger partial charge in [-0.3, -0.25) is 4.79 Å². The van der Waals surface area contributed by atoms with E-state index in [0.717, 1.165) is 17.2 Å². The van der Waals surface area contributed by atoms with Crippen molar-refractivity contribution in [3.63, 3.8) is 0 Å². The third kappa shape index (κ3) is 4.21. The van der Waals surface area contributed by atoms with E-state index in [1.807, 2.05) is 12.1 Å². The Kier molecular flexibility index (Phi) is 5.69. The van der Waals surface area contributed by atoms with Crippen LogP contribution in [-0.2, 0) is 6.42 Å². The molecule has 0 saturated heterocycles. The van der Waals surface area contributed by atoms with Crippen molar-refractivity contribution in [1.29, 1.82) is 0 Å². The SMILES string of the molecule is COc1cccc2c1C(c1ccc(O)cc1)N(C(=O)c1ccccc1OC(F)(F)F)CC2. The predicted molar refractivity (Wildman–Crippen MR) is 111 cm³/mol. The lowest BCUT2D eigenvalue weighted by atomic mass is 9.87. The van der Waals surface area contributed by atoms with Gasteiger partial charge in [0.15, 0.2) is 0 Å². The third-order valence-electron chi connectivity index (χ3n) is 5.40. The number of halogens is 3. The van der Waals surface area contributed by atoms with Crippen LogP contribution in [0.3, 0.4) is 0 Å². The summed E-state index contributed by atoms with van der Waals surface area (Å²) < 4.78 is 48.4. The molecule has 1 atom stereocenters. The molecule has 8 heteroatoms. The van der Waals surface area contributed by atoms with E-state index in [1.165, 1.54) is 42.3 Å². The average Bonchev–Trinajstić information content (AvgIpc) is 2.77. The zero-order valence-electron chi connectivity index (χ0n) is 17.1. The molecule has 1 heterocycles. The number of methoxy groups -OCH3 is 1. The number of hydrogen-bond donors (Lipinski definition) is 1. The van der Waals surface area contributed by atoms with Crippen molar-refractivity contribution in [3.05, 3.63) is 89.0 Å². The van der Waals surface area contributed by atoms with Crippen molar-refractivity contribution in [2.75, 3.05) is 13.7 Å². The Hall–Kier alpha value is -3.68. The van der Waals surface area contributed by atoms with E-state index < -0.39 is 24.1 Å². The van der Waals surface area contributed by atoms with Crippen molar-refractivity contribution >= 4 is 5.91 Å². The second-order valence-corrected chi connectivity index (χ2v) is 7.32. The fourth-order valence-electron chi connectivity index (χ4n) is 4.06. The van der Waals surface area contributed by atoms with Crippen molar-refractivity contribution in [2.45, 2.75) is 18.8 Å². The number of para-hydroxylation sites is 1. The summed E-state index contributed by atoms with van der Waals surface area (Å²) in [4.78, 5) is 15.1. The molecule has 0 aliphatic carbocycles. The molecule has 0 saturated carbocycles. The molecule has 0 aromatic heterocycles. The smallest absolute Gasteiger partial charge is 0.508 e. The molecular weight excluding hydrogens is 423 g/mol. The van der Waals surface area contributed by atoms with Gasteiger partial charge in [0, 0.05) is 12.1 Å². The van der Waals surface area contributed by atoms with Crippen LogP contribution < -0.4 is 9.47 Å². The lowest BCUT2D eigenvalue weighted by molar-refractivity contribution is -0.274. The number of carbonyl (C=O) groups is 1. The van der Waals surface area contributed by atoms with E-state index in [4.69, 9.17) is 4.74 Å². The van der Waals surface area contributed by atoms with Crippen LogP contribution in [-0.4, -0.2) is 35.9 Å². The molecule has 1 aliphatic rings. The normalized spacial score (nSPS) is 15.8. The molecule has 1 unspecified atom stereocenters. The summed E-state index contributed by atoms with van der Waals surface area (Å²) in [5.74, 6) is -0.524. The number of hydrogen-bond acceptors (Lipinski definition) is 4. The molecule has 1 N–H and O–H groups in total. The van der Waals surface area contributed by atoms with Gasteiger partial charge in [0.1, 0.15) is 17.2 Å². The minimum Gasteiger partial charge on any atom is -0.508 e. The van der Waals surface area contributed by atoms with Crippen molar-refractivity contribution in [2.24, 2.45) is 0 Å². The second kappa shape index (κ2) is 8.45. The molecule has 4 rings (SSSR count). The highest BCUT2D eigenvalue weighted by Crippen LogP contribution is 2.42. The van der Waals surface area contributed by atoms with Gasteiger partial charge in [-0.1, -0.05) is 36.4 Å². The van der Waals surface area contributed by atoms with Crippen LogP contribution in [0.15, 0.2) is 66.7 Å². The number of alkyl halides is 3. The minimum absolute atomic E-state index is 0.0617. The van der Waals surface area contributed by atoms with Gasteiger partial charge >= 0.3 is 6.36 Å². The van der Waals surface area contributed by atoms with Gasteiger partial charge in [-0.2, -0.15) is 0 Å². The van der Waals surface area contributed by atoms with Gasteiger partial charge in [0.2, 0.25) is 0 Å². The Labute approximate surface area is 182 Å². The number of ether oxygens (including phenoxy) is 2. The van der Waals surface area contributed by atoms with Gasteiger partial charge in [-0.05, 0) is 47.9 Å². The molecule has 32 heavy (non-hydrogen) atoms. The van der Waals surface area contributed by atoms with Crippen LogP contribution in [0.1, 0.15) is 33.1 Å². The average molecular weight is 443 g/mol. The summed E-state index contributed by atoms with van der Waals surface area (Å²) >= 11 is 0. The Morgan fingerprint density at radius 3 is 2.38 bits per heavy atom. The molecular formula is C24H20F3NO4. The molecule has 166 valence electrons. The zero-order chi connectivity index (χ0) is 22.9. The maximum atomic E-state index is 13.6. The summed E-state index contributed by atoms with van der Waals surface area (Å²) in [5, 5.41) is 9.72. The fraction of sp³-hybridized carbons (Fsp3) is 0.208. The maximum absolute atomic E-state index is 13.6. The molecule has 3 aromatic rings. The van der Waals surface area contributed by atoms with E-state index in [2.05, 4.69) is 4.74 Å². The number of aromatic hydroxyl groups is 1. The topological polar surface area (TPSA) is 59.0 Å². The summed E-state index contributed by atoms with van der Waals surface area (Å²) in [5.41, 5.74) is 2.24. The first-order chi connectivity index (χ1) is 15.3. The van der Waals surface area contributed by atoms with Gasteiger partial charge in [-0.15, -0.1) is 13.2 Å². The molecule has 0 fully saturated rings. The summed E-state index contributed by atoms with van der Waals surface area (Å²) in [6, 6.07) is 16.6. The molecule has 3 aromatic carbocycles. The number of fused-ring (bicyclic) bond motifs is 1. The second-order valence-electron chi connectivity index (χ2n) is 7.32. The molecule has 0 bridgehead atoms. The van der Waals surface area contributed by atoms with Crippen LogP contribution in [0.5, 0.6) is 17.2 Å². The standard InChI is InChI=1S/C24H20F3NO4/c1-31-20-8-4-5-15-13-14-28(22(21(15)20)16-9-11-17(29)12-10-16)23(30)18-6-2-3-7-19(18)32-24(25,26)27/h2-12,22,29H,13-14H2,1H3. The number of carbonyl (C=O) groups excluding carboxylic acids is 1. The maximum Gasteiger partial charge on any atom is 0.573 e. The van der Waals surface area contributed by atoms with Gasteiger partial charge in [0.05, 0.1) is 18.7 Å². The summed E-state index contributed by atoms with van der Waals surface area (Å²) in [6.07, 6.45) is -4.42. The van der Waals surface area contributed by atoms with Crippen molar-refractivity contribution in [1.82, 2.24) is 4.90 Å². The predicted octanol–water partition coefficient (Wildman–Crippen LogP) is 5.09. The summed E-state index contributed by atoms with van der Waals surface area (Å²) in [6.45, 7) is 0.283. The highest BCUT2D eigenvalue weighted by atomic mass is 19.4. The first-order valence-corrected chi connectivity index (χ1v) is 9.89. The Balaban J connectivity index is 1.83. The summed E-state index contributed by atoms with van der Waals surface area (Å²) in [7, 11) is 1.52. The number of nitrogens with zero attached hydrogens (tertiary/aromatic N) is 1. The van der Waals surface area contributed by atoms with Crippen LogP contribution in [0.4, 0.5) is 13.2 Å². The van der Waals surface area contributed by atoms with E-state index >= 15 is 0 Å². The van der Waals surface area contributed by atoms with Crippen molar-refractivity contribution in [3.8, 4) is 17.2 Å². The Morgan fingerprint density at radius 2 is 1.69 bits per heavy atom. The van der Waals surface area contributed by atoms with Crippen molar-refractivity contribution < 1.29 is 32.5 Å². The highest BCUT2D eigenvalue weighted by molar-refractivity contribution is 5.97. The molecule has 1 amide bonds. The fourth-order valence-corrected chi connectivity index (χ4v) is 4.06. The molecule has 0 spiro atoms. The number of phenols is 1. The van der Waals surface area contributed by atoms with Gasteiger partial charge in [-0.25, -0.2) is 0 Å². The lowest BCUT2D eigenvalue weighted by Crippen LogP contribution is -2.41. The largest absolute Gasteiger partial charge is 0.573 e. The number of benzene rings is 3. The van der Waals surface area contributed by atoms with Crippen LogP contribution in [0, 0.1) is 0 Å². The number of amides is 1. The first kappa shape index (κ1) is 21.5. The van der Waals surface area contributed by atoms with E-state index in [9.17, 15) is 23.1 Å². The third-order valence-corrected chi connectivity index (χ3v) is 5.40. The molecule has 5 nitrogen and oxygen atoms in total. The van der Waals surface area contributed by atoms with Crippen LogP contribution in [0.25, 0.3) is 0 Å². The van der Waals surface area contributed by atoms with Crippen LogP contribution >= 0.6 is 0 Å².